The van der Waals surface area contributed by atoms with Gasteiger partial charge in [-0.2, -0.15) is 0 Å². The highest BCUT2D eigenvalue weighted by Gasteiger charge is 2.05. The van der Waals surface area contributed by atoms with Crippen LogP contribution in [0.5, 0.6) is 11.5 Å². The van der Waals surface area contributed by atoms with Crippen LogP contribution in [0.15, 0.2) is 42.0 Å². The molecule has 1 aromatic carbocycles. The molecule has 3 rings (SSSR count). The summed E-state index contributed by atoms with van der Waals surface area (Å²) in [6.45, 7) is 0. The zero-order valence-electron chi connectivity index (χ0n) is 10.3. The van der Waals surface area contributed by atoms with Gasteiger partial charge in [0.05, 0.1) is 23.7 Å². The van der Waals surface area contributed by atoms with Crippen LogP contribution in [0.1, 0.15) is 0 Å². The Morgan fingerprint density at radius 2 is 2.16 bits per heavy atom. The SMILES string of the molecule is COc1cc(O)cc(Nc2cncc3sccc23)c1. The predicted octanol–water partition coefficient (Wildman–Crippen LogP) is 3.75. The zero-order chi connectivity index (χ0) is 13.2. The van der Waals surface area contributed by atoms with Crippen molar-refractivity contribution in [2.24, 2.45) is 0 Å². The first-order valence-corrected chi connectivity index (χ1v) is 6.60. The smallest absolute Gasteiger partial charge is 0.124 e. The quantitative estimate of drug-likeness (QED) is 0.762. The molecule has 0 aliphatic heterocycles. The third-order valence-electron chi connectivity index (χ3n) is 2.79. The summed E-state index contributed by atoms with van der Waals surface area (Å²) in [4.78, 5) is 4.20. The van der Waals surface area contributed by atoms with Gasteiger partial charge in [-0.3, -0.25) is 4.98 Å². The van der Waals surface area contributed by atoms with Crippen molar-refractivity contribution in [3.05, 3.63) is 42.0 Å². The molecule has 2 heterocycles. The maximum atomic E-state index is 9.64. The van der Waals surface area contributed by atoms with Crippen LogP contribution >= 0.6 is 11.3 Å². The topological polar surface area (TPSA) is 54.4 Å². The molecule has 0 atom stereocenters. The maximum Gasteiger partial charge on any atom is 0.124 e. The molecule has 0 spiro atoms. The first-order chi connectivity index (χ1) is 9.26. The van der Waals surface area contributed by atoms with Gasteiger partial charge >= 0.3 is 0 Å². The molecule has 0 saturated carbocycles. The number of phenolic OH excluding ortho intramolecular Hbond substituents is 1. The average molecular weight is 272 g/mol. The lowest BCUT2D eigenvalue weighted by Crippen LogP contribution is -1.92. The first-order valence-electron chi connectivity index (χ1n) is 5.72. The molecule has 2 N–H and O–H groups in total. The minimum Gasteiger partial charge on any atom is -0.508 e. The largest absolute Gasteiger partial charge is 0.508 e. The van der Waals surface area contributed by atoms with E-state index in [-0.39, 0.29) is 5.75 Å². The molecule has 0 aliphatic rings. The third-order valence-corrected chi connectivity index (χ3v) is 3.64. The van der Waals surface area contributed by atoms with Crippen LogP contribution in [0.2, 0.25) is 0 Å². The van der Waals surface area contributed by atoms with Gasteiger partial charge in [-0.25, -0.2) is 0 Å². The fourth-order valence-corrected chi connectivity index (χ4v) is 2.70. The number of aromatic hydroxyl groups is 1. The summed E-state index contributed by atoms with van der Waals surface area (Å²) in [5.74, 6) is 0.764. The van der Waals surface area contributed by atoms with Crippen molar-refractivity contribution in [2.75, 3.05) is 12.4 Å². The number of hydrogen-bond acceptors (Lipinski definition) is 5. The normalized spacial score (nSPS) is 10.6. The molecule has 3 aromatic rings. The Morgan fingerprint density at radius 3 is 3.00 bits per heavy atom. The Bertz CT molecular complexity index is 724. The third kappa shape index (κ3) is 2.32. The second kappa shape index (κ2) is 4.78. The summed E-state index contributed by atoms with van der Waals surface area (Å²) in [7, 11) is 1.57. The van der Waals surface area contributed by atoms with Crippen LogP contribution in [0, 0.1) is 0 Å². The minimum atomic E-state index is 0.160. The Hall–Kier alpha value is -2.27. The number of hydrogen-bond donors (Lipinski definition) is 2. The van der Waals surface area contributed by atoms with Crippen molar-refractivity contribution in [1.29, 1.82) is 0 Å². The molecule has 0 aliphatic carbocycles. The van der Waals surface area contributed by atoms with E-state index in [9.17, 15) is 5.11 Å². The summed E-state index contributed by atoms with van der Waals surface area (Å²) in [5, 5.41) is 16.0. The van der Waals surface area contributed by atoms with Crippen molar-refractivity contribution in [3.8, 4) is 11.5 Å². The molecule has 2 aromatic heterocycles. The van der Waals surface area contributed by atoms with Crippen LogP contribution in [-0.2, 0) is 0 Å². The molecule has 0 fully saturated rings. The van der Waals surface area contributed by atoms with E-state index >= 15 is 0 Å². The number of thiophene rings is 1. The van der Waals surface area contributed by atoms with Crippen molar-refractivity contribution >= 4 is 32.8 Å². The number of aromatic nitrogens is 1. The number of phenols is 1. The van der Waals surface area contributed by atoms with Crippen LogP contribution in [-0.4, -0.2) is 17.2 Å². The number of rotatable bonds is 3. The molecular formula is C14H12N2O2S. The Labute approximate surface area is 114 Å². The highest BCUT2D eigenvalue weighted by molar-refractivity contribution is 7.17. The summed E-state index contributed by atoms with van der Waals surface area (Å²) in [5.41, 5.74) is 1.67. The van der Waals surface area contributed by atoms with Gasteiger partial charge in [0.15, 0.2) is 0 Å². The van der Waals surface area contributed by atoms with Crippen LogP contribution < -0.4 is 10.1 Å². The summed E-state index contributed by atoms with van der Waals surface area (Å²) in [6.07, 6.45) is 3.61. The van der Waals surface area contributed by atoms with Crippen LogP contribution in [0.25, 0.3) is 10.1 Å². The fraction of sp³-hybridized carbons (Fsp3) is 0.0714. The highest BCUT2D eigenvalue weighted by atomic mass is 32.1. The van der Waals surface area contributed by atoms with E-state index in [0.717, 1.165) is 21.5 Å². The van der Waals surface area contributed by atoms with E-state index in [1.807, 2.05) is 23.7 Å². The molecule has 96 valence electrons. The average Bonchev–Trinajstić information content (AvgIpc) is 2.87. The minimum absolute atomic E-state index is 0.160. The molecule has 0 unspecified atom stereocenters. The van der Waals surface area contributed by atoms with E-state index in [0.29, 0.717) is 5.75 Å². The second-order valence-electron chi connectivity index (χ2n) is 4.06. The number of methoxy groups -OCH3 is 1. The van der Waals surface area contributed by atoms with Gasteiger partial charge in [0.1, 0.15) is 11.5 Å². The predicted molar refractivity (Wildman–Crippen MR) is 77.6 cm³/mol. The lowest BCUT2D eigenvalue weighted by atomic mass is 10.2. The molecule has 0 bridgehead atoms. The number of nitrogens with zero attached hydrogens (tertiary/aromatic N) is 1. The standard InChI is InChI=1S/C14H12N2O2S/c1-18-11-5-9(4-10(17)6-11)16-13-7-15-8-14-12(13)2-3-19-14/h2-8,16-17H,1H3. The van der Waals surface area contributed by atoms with Crippen molar-refractivity contribution in [2.45, 2.75) is 0 Å². The Balaban J connectivity index is 2.01. The van der Waals surface area contributed by atoms with Gasteiger partial charge in [0, 0.05) is 35.5 Å². The van der Waals surface area contributed by atoms with Gasteiger partial charge in [-0.15, -0.1) is 11.3 Å². The van der Waals surface area contributed by atoms with E-state index < -0.39 is 0 Å². The number of anilines is 2. The number of pyridine rings is 1. The van der Waals surface area contributed by atoms with Crippen molar-refractivity contribution in [3.63, 3.8) is 0 Å². The number of ether oxygens (including phenoxy) is 1. The van der Waals surface area contributed by atoms with Gasteiger partial charge in [0.25, 0.3) is 0 Å². The second-order valence-corrected chi connectivity index (χ2v) is 5.01. The van der Waals surface area contributed by atoms with Gasteiger partial charge in [0.2, 0.25) is 0 Å². The Kier molecular flexibility index (Phi) is 2.97. The van der Waals surface area contributed by atoms with E-state index in [4.69, 9.17) is 4.74 Å². The lowest BCUT2D eigenvalue weighted by Gasteiger charge is -2.09. The fourth-order valence-electron chi connectivity index (χ4n) is 1.92. The molecule has 4 nitrogen and oxygen atoms in total. The molecular weight excluding hydrogens is 260 g/mol. The van der Waals surface area contributed by atoms with Crippen LogP contribution in [0.3, 0.4) is 0 Å². The number of nitrogens with one attached hydrogen (secondary N) is 1. The molecule has 0 radical (unpaired) electrons. The molecule has 19 heavy (non-hydrogen) atoms. The summed E-state index contributed by atoms with van der Waals surface area (Å²) in [6, 6.07) is 7.08. The zero-order valence-corrected chi connectivity index (χ0v) is 11.1. The van der Waals surface area contributed by atoms with Crippen molar-refractivity contribution in [1.82, 2.24) is 4.98 Å². The lowest BCUT2D eigenvalue weighted by molar-refractivity contribution is 0.408. The van der Waals surface area contributed by atoms with Gasteiger partial charge in [-0.1, -0.05) is 0 Å². The maximum absolute atomic E-state index is 9.64. The first kappa shape index (κ1) is 11.8. The summed E-state index contributed by atoms with van der Waals surface area (Å²) < 4.78 is 6.25. The highest BCUT2D eigenvalue weighted by Crippen LogP contribution is 2.31. The monoisotopic (exact) mass is 272 g/mol. The van der Waals surface area contributed by atoms with Crippen LogP contribution in [0.4, 0.5) is 11.4 Å². The van der Waals surface area contributed by atoms with E-state index in [2.05, 4.69) is 10.3 Å². The number of benzene rings is 1. The molecule has 0 amide bonds. The van der Waals surface area contributed by atoms with Gasteiger partial charge in [-0.05, 0) is 11.4 Å². The molecule has 5 heteroatoms. The van der Waals surface area contributed by atoms with Crippen molar-refractivity contribution < 1.29 is 9.84 Å². The molecule has 0 saturated heterocycles. The van der Waals surface area contributed by atoms with E-state index in [1.165, 1.54) is 0 Å². The Morgan fingerprint density at radius 1 is 1.26 bits per heavy atom. The summed E-state index contributed by atoms with van der Waals surface area (Å²) >= 11 is 1.65. The van der Waals surface area contributed by atoms with Gasteiger partial charge < -0.3 is 15.2 Å². The number of fused-ring (bicyclic) bond motifs is 1. The van der Waals surface area contributed by atoms with E-state index in [1.54, 1.807) is 36.8 Å².